The Hall–Kier alpha value is -4.19. The van der Waals surface area contributed by atoms with Gasteiger partial charge in [-0.25, -0.2) is 9.78 Å². The molecule has 4 rings (SSSR count). The number of amides is 3. The zero-order chi connectivity index (χ0) is 26.9. The molecule has 1 aliphatic heterocycles. The lowest BCUT2D eigenvalue weighted by Crippen LogP contribution is -2.36. The Bertz CT molecular complexity index is 1360. The van der Waals surface area contributed by atoms with Gasteiger partial charge in [-0.3, -0.25) is 14.5 Å². The van der Waals surface area contributed by atoms with E-state index in [0.717, 1.165) is 5.56 Å². The summed E-state index contributed by atoms with van der Waals surface area (Å²) in [7, 11) is 3.09. The number of anilines is 3. The summed E-state index contributed by atoms with van der Waals surface area (Å²) in [4.78, 5) is 44.5. The predicted octanol–water partition coefficient (Wildman–Crippen LogP) is 2.85. The number of carbonyl (C=O) groups excluding carboxylic acids is 3. The van der Waals surface area contributed by atoms with Gasteiger partial charge in [0.2, 0.25) is 0 Å². The molecule has 0 saturated heterocycles. The van der Waals surface area contributed by atoms with Crippen LogP contribution < -0.4 is 20.9 Å². The van der Waals surface area contributed by atoms with Gasteiger partial charge in [-0.05, 0) is 45.4 Å². The van der Waals surface area contributed by atoms with Crippen molar-refractivity contribution in [3.05, 3.63) is 47.2 Å². The number of nitrogens with zero attached hydrogens (tertiary/aromatic N) is 4. The maximum atomic E-state index is 13.1. The fourth-order valence-corrected chi connectivity index (χ4v) is 3.79. The van der Waals surface area contributed by atoms with Crippen molar-refractivity contribution in [1.82, 2.24) is 25.2 Å². The largest absolute Gasteiger partial charge is 0.443 e. The Morgan fingerprint density at radius 2 is 2.03 bits per heavy atom. The molecule has 1 atom stereocenters. The number of fused-ring (bicyclic) bond motifs is 3. The second-order valence-electron chi connectivity index (χ2n) is 9.81. The SMILES string of the molecule is CNC(=O)c1ccc2cc1Nc1cc(N(C)C(=O)OC(C)(C)C)n3ncc(c3n1)C(=O)N[C@H](C)COC2. The van der Waals surface area contributed by atoms with E-state index in [1.54, 1.807) is 59.1 Å². The highest BCUT2D eigenvalue weighted by atomic mass is 16.6. The van der Waals surface area contributed by atoms with Gasteiger partial charge < -0.3 is 25.4 Å². The van der Waals surface area contributed by atoms with Crippen LogP contribution in [0.3, 0.4) is 0 Å². The summed E-state index contributed by atoms with van der Waals surface area (Å²) >= 11 is 0. The summed E-state index contributed by atoms with van der Waals surface area (Å²) in [5, 5.41) is 13.0. The van der Waals surface area contributed by atoms with Crippen LogP contribution in [-0.2, 0) is 16.1 Å². The Balaban J connectivity index is 1.90. The fraction of sp³-hybridized carbons (Fsp3) is 0.400. The van der Waals surface area contributed by atoms with Crippen LogP contribution in [0.25, 0.3) is 5.65 Å². The van der Waals surface area contributed by atoms with Crippen molar-refractivity contribution in [2.45, 2.75) is 45.9 Å². The first-order chi connectivity index (χ1) is 17.5. The molecule has 37 heavy (non-hydrogen) atoms. The van der Waals surface area contributed by atoms with E-state index in [2.05, 4.69) is 26.0 Å². The molecule has 12 heteroatoms. The highest BCUT2D eigenvalue weighted by molar-refractivity contribution is 6.02. The molecule has 0 saturated carbocycles. The highest BCUT2D eigenvalue weighted by Crippen LogP contribution is 2.28. The standard InChI is InChI=1S/C25H31N7O5/c1-14-12-36-13-15-7-8-16(22(33)26-5)18(9-15)29-19-10-20(31(6)24(35)37-25(2,3)4)32-21(30-19)17(11-27-32)23(34)28-14/h7-11,14H,12-13H2,1-6H3,(H,26,33)(H,28,34)(H,29,30)/t14-/m1/s1. The molecule has 0 radical (unpaired) electrons. The molecule has 3 N–H and O–H groups in total. The summed E-state index contributed by atoms with van der Waals surface area (Å²) in [6, 6.07) is 6.61. The van der Waals surface area contributed by atoms with Gasteiger partial charge in [0.05, 0.1) is 30.7 Å². The first-order valence-corrected chi connectivity index (χ1v) is 11.8. The monoisotopic (exact) mass is 509 g/mol. The molecule has 4 bridgehead atoms. The van der Waals surface area contributed by atoms with E-state index in [-0.39, 0.29) is 42.3 Å². The zero-order valence-electron chi connectivity index (χ0n) is 21.7. The molecule has 0 fully saturated rings. The van der Waals surface area contributed by atoms with Gasteiger partial charge in [0.1, 0.15) is 22.8 Å². The fourth-order valence-electron chi connectivity index (χ4n) is 3.79. The van der Waals surface area contributed by atoms with Crippen LogP contribution in [-0.4, -0.2) is 64.9 Å². The van der Waals surface area contributed by atoms with Crippen molar-refractivity contribution < 1.29 is 23.9 Å². The third-order valence-corrected chi connectivity index (χ3v) is 5.54. The van der Waals surface area contributed by atoms with Crippen LogP contribution in [0.1, 0.15) is 54.0 Å². The number of carbonyl (C=O) groups is 3. The molecule has 0 aliphatic carbocycles. The van der Waals surface area contributed by atoms with E-state index >= 15 is 0 Å². The van der Waals surface area contributed by atoms with Gasteiger partial charge in [0.15, 0.2) is 5.65 Å². The molecule has 3 aromatic rings. The molecular formula is C25H31N7O5. The maximum absolute atomic E-state index is 13.1. The van der Waals surface area contributed by atoms with Crippen molar-refractivity contribution in [1.29, 1.82) is 0 Å². The summed E-state index contributed by atoms with van der Waals surface area (Å²) < 4.78 is 12.7. The summed E-state index contributed by atoms with van der Waals surface area (Å²) in [6.45, 7) is 7.69. The first-order valence-electron chi connectivity index (χ1n) is 11.8. The van der Waals surface area contributed by atoms with Crippen molar-refractivity contribution in [3.8, 4) is 0 Å². The van der Waals surface area contributed by atoms with E-state index in [0.29, 0.717) is 22.9 Å². The Labute approximate surface area is 214 Å². The van der Waals surface area contributed by atoms with E-state index in [1.165, 1.54) is 15.6 Å². The van der Waals surface area contributed by atoms with Crippen LogP contribution in [0.15, 0.2) is 30.5 Å². The normalized spacial score (nSPS) is 15.9. The third kappa shape index (κ3) is 5.64. The third-order valence-electron chi connectivity index (χ3n) is 5.54. The topological polar surface area (TPSA) is 139 Å². The quantitative estimate of drug-likeness (QED) is 0.479. The van der Waals surface area contributed by atoms with Crippen molar-refractivity contribution >= 4 is 40.9 Å². The number of hydrogen-bond acceptors (Lipinski definition) is 8. The van der Waals surface area contributed by atoms with E-state index in [1.807, 2.05) is 6.92 Å². The lowest BCUT2D eigenvalue weighted by Gasteiger charge is -2.25. The second kappa shape index (κ2) is 10.1. The van der Waals surface area contributed by atoms with Crippen molar-refractivity contribution in [2.75, 3.05) is 30.9 Å². The van der Waals surface area contributed by atoms with Crippen LogP contribution in [0.2, 0.25) is 0 Å². The van der Waals surface area contributed by atoms with Gasteiger partial charge in [0, 0.05) is 26.2 Å². The molecule has 3 heterocycles. The van der Waals surface area contributed by atoms with Gasteiger partial charge in [0.25, 0.3) is 11.8 Å². The number of rotatable bonds is 2. The molecule has 1 aromatic carbocycles. The average Bonchev–Trinajstić information content (AvgIpc) is 3.25. The summed E-state index contributed by atoms with van der Waals surface area (Å²) in [6.07, 6.45) is 0.782. The van der Waals surface area contributed by atoms with Gasteiger partial charge in [-0.15, -0.1) is 0 Å². The zero-order valence-corrected chi connectivity index (χ0v) is 21.7. The van der Waals surface area contributed by atoms with Crippen LogP contribution in [0, 0.1) is 0 Å². The Kier molecular flexibility index (Phi) is 7.03. The van der Waals surface area contributed by atoms with Crippen LogP contribution >= 0.6 is 0 Å². The number of nitrogens with one attached hydrogen (secondary N) is 3. The summed E-state index contributed by atoms with van der Waals surface area (Å²) in [5.74, 6) is -0.0766. The Morgan fingerprint density at radius 1 is 1.27 bits per heavy atom. The molecular weight excluding hydrogens is 478 g/mol. The number of ether oxygens (including phenoxy) is 2. The first kappa shape index (κ1) is 25.9. The van der Waals surface area contributed by atoms with Gasteiger partial charge in [-0.1, -0.05) is 6.07 Å². The Morgan fingerprint density at radius 3 is 2.73 bits per heavy atom. The van der Waals surface area contributed by atoms with Crippen molar-refractivity contribution in [3.63, 3.8) is 0 Å². The van der Waals surface area contributed by atoms with E-state index < -0.39 is 11.7 Å². The van der Waals surface area contributed by atoms with E-state index in [4.69, 9.17) is 9.47 Å². The average molecular weight is 510 g/mol. The lowest BCUT2D eigenvalue weighted by molar-refractivity contribution is 0.0587. The highest BCUT2D eigenvalue weighted by Gasteiger charge is 2.26. The minimum atomic E-state index is -0.720. The molecule has 3 amide bonds. The number of hydrogen-bond donors (Lipinski definition) is 3. The predicted molar refractivity (Wildman–Crippen MR) is 137 cm³/mol. The maximum Gasteiger partial charge on any atom is 0.415 e. The number of benzene rings is 1. The summed E-state index contributed by atoms with van der Waals surface area (Å²) in [5.41, 5.74) is 1.41. The van der Waals surface area contributed by atoms with Gasteiger partial charge >= 0.3 is 6.09 Å². The van der Waals surface area contributed by atoms with Gasteiger partial charge in [-0.2, -0.15) is 9.61 Å². The molecule has 12 nitrogen and oxygen atoms in total. The molecule has 196 valence electrons. The van der Waals surface area contributed by atoms with Crippen LogP contribution in [0.4, 0.5) is 22.1 Å². The smallest absolute Gasteiger partial charge is 0.415 e. The molecule has 0 unspecified atom stereocenters. The lowest BCUT2D eigenvalue weighted by atomic mass is 10.1. The van der Waals surface area contributed by atoms with Crippen LogP contribution in [0.5, 0.6) is 0 Å². The molecule has 0 spiro atoms. The molecule has 1 aliphatic rings. The van der Waals surface area contributed by atoms with E-state index in [9.17, 15) is 14.4 Å². The minimum Gasteiger partial charge on any atom is -0.443 e. The minimum absolute atomic E-state index is 0.215. The second-order valence-corrected chi connectivity index (χ2v) is 9.81. The number of aromatic nitrogens is 3. The molecule has 2 aromatic heterocycles. The van der Waals surface area contributed by atoms with Crippen molar-refractivity contribution in [2.24, 2.45) is 0 Å².